The van der Waals surface area contributed by atoms with E-state index >= 15 is 0 Å². The number of rotatable bonds is 10. The van der Waals surface area contributed by atoms with Crippen LogP contribution in [-0.2, 0) is 18.9 Å². The van der Waals surface area contributed by atoms with E-state index in [1.165, 1.54) is 0 Å². The molecular formula is C23H35NO5Si2. The zero-order valence-corrected chi connectivity index (χ0v) is 21.9. The lowest BCUT2D eigenvalue weighted by molar-refractivity contribution is 0.00569. The molecule has 6 nitrogen and oxygen atoms in total. The number of aromatic nitrogens is 1. The van der Waals surface area contributed by atoms with Crippen molar-refractivity contribution in [3.63, 3.8) is 0 Å². The van der Waals surface area contributed by atoms with E-state index in [2.05, 4.69) is 67.2 Å². The van der Waals surface area contributed by atoms with E-state index in [1.807, 2.05) is 0 Å². The Hall–Kier alpha value is -1.95. The Kier molecular flexibility index (Phi) is 11.8. The molecule has 0 fully saturated rings. The number of carbonyl (C=O) groups is 1. The van der Waals surface area contributed by atoms with Crippen molar-refractivity contribution in [2.75, 3.05) is 46.8 Å². The third-order valence-electron chi connectivity index (χ3n) is 3.46. The minimum atomic E-state index is -1.58. The van der Waals surface area contributed by atoms with Crippen molar-refractivity contribution in [1.82, 2.24) is 4.98 Å². The number of esters is 1. The van der Waals surface area contributed by atoms with E-state index in [4.69, 9.17) is 18.9 Å². The smallest absolute Gasteiger partial charge is 0.338 e. The lowest BCUT2D eigenvalue weighted by Crippen LogP contribution is -2.17. The quantitative estimate of drug-likeness (QED) is 0.230. The van der Waals surface area contributed by atoms with Crippen LogP contribution in [0.3, 0.4) is 0 Å². The SMILES string of the molecule is COCCOCCOCCOC(=O)c1cc(C#C[Si](C)(C)C)nc(C#C[Si](C)(C)C)c1. The van der Waals surface area contributed by atoms with Crippen molar-refractivity contribution in [3.05, 3.63) is 29.1 Å². The van der Waals surface area contributed by atoms with Gasteiger partial charge in [0, 0.05) is 7.11 Å². The van der Waals surface area contributed by atoms with Gasteiger partial charge in [0.2, 0.25) is 0 Å². The summed E-state index contributed by atoms with van der Waals surface area (Å²) in [5, 5.41) is 0. The molecule has 0 atom stereocenters. The Morgan fingerprint density at radius 1 is 0.806 bits per heavy atom. The molecule has 1 aromatic heterocycles. The van der Waals surface area contributed by atoms with Crippen LogP contribution in [0.1, 0.15) is 21.7 Å². The molecular weight excluding hydrogens is 426 g/mol. The Bertz CT molecular complexity index is 786. The maximum Gasteiger partial charge on any atom is 0.338 e. The summed E-state index contributed by atoms with van der Waals surface area (Å²) >= 11 is 0. The average molecular weight is 462 g/mol. The van der Waals surface area contributed by atoms with E-state index in [1.54, 1.807) is 19.2 Å². The van der Waals surface area contributed by atoms with Gasteiger partial charge < -0.3 is 18.9 Å². The molecule has 0 N–H and O–H groups in total. The highest BCUT2D eigenvalue weighted by Gasteiger charge is 2.13. The summed E-state index contributed by atoms with van der Waals surface area (Å²) in [5.74, 6) is 5.79. The van der Waals surface area contributed by atoms with Gasteiger partial charge in [-0.2, -0.15) is 0 Å². The molecule has 1 rings (SSSR count). The molecule has 0 unspecified atom stereocenters. The highest BCUT2D eigenvalue weighted by Crippen LogP contribution is 2.09. The van der Waals surface area contributed by atoms with Crippen molar-refractivity contribution >= 4 is 22.1 Å². The van der Waals surface area contributed by atoms with Gasteiger partial charge in [-0.1, -0.05) is 51.1 Å². The van der Waals surface area contributed by atoms with Crippen LogP contribution in [0, 0.1) is 22.9 Å². The molecule has 0 saturated heterocycles. The van der Waals surface area contributed by atoms with Crippen LogP contribution in [0.15, 0.2) is 12.1 Å². The van der Waals surface area contributed by atoms with Crippen molar-refractivity contribution < 1.29 is 23.7 Å². The maximum atomic E-state index is 12.5. The van der Waals surface area contributed by atoms with Crippen molar-refractivity contribution in [3.8, 4) is 22.9 Å². The normalized spacial score (nSPS) is 11.2. The first-order valence-electron chi connectivity index (χ1n) is 10.4. The van der Waals surface area contributed by atoms with Crippen molar-refractivity contribution in [2.24, 2.45) is 0 Å². The van der Waals surface area contributed by atoms with Crippen LogP contribution in [0.2, 0.25) is 39.3 Å². The largest absolute Gasteiger partial charge is 0.460 e. The summed E-state index contributed by atoms with van der Waals surface area (Å²) in [4.78, 5) is 17.1. The van der Waals surface area contributed by atoms with Crippen molar-refractivity contribution in [2.45, 2.75) is 39.3 Å². The third kappa shape index (κ3) is 13.9. The summed E-state index contributed by atoms with van der Waals surface area (Å²) in [7, 11) is -1.53. The number of carbonyl (C=O) groups excluding carboxylic acids is 1. The van der Waals surface area contributed by atoms with E-state index in [-0.39, 0.29) is 6.61 Å². The fourth-order valence-electron chi connectivity index (χ4n) is 2.02. The summed E-state index contributed by atoms with van der Waals surface area (Å²) in [6, 6.07) is 3.33. The molecule has 0 aliphatic rings. The molecule has 170 valence electrons. The number of hydrogen-bond acceptors (Lipinski definition) is 6. The van der Waals surface area contributed by atoms with Crippen LogP contribution in [-0.4, -0.2) is 73.9 Å². The van der Waals surface area contributed by atoms with Crippen LogP contribution < -0.4 is 0 Å². The summed E-state index contributed by atoms with van der Waals surface area (Å²) < 4.78 is 21.0. The van der Waals surface area contributed by atoms with Gasteiger partial charge in [0.05, 0.1) is 38.6 Å². The van der Waals surface area contributed by atoms with Crippen molar-refractivity contribution in [1.29, 1.82) is 0 Å². The van der Waals surface area contributed by atoms with Gasteiger partial charge in [-0.05, 0) is 12.1 Å². The topological polar surface area (TPSA) is 66.9 Å². The first-order valence-corrected chi connectivity index (χ1v) is 17.4. The molecule has 8 heteroatoms. The fraction of sp³-hybridized carbons (Fsp3) is 0.565. The zero-order chi connectivity index (χ0) is 23.3. The molecule has 0 aliphatic heterocycles. The number of nitrogens with zero attached hydrogens (tertiary/aromatic N) is 1. The first-order chi connectivity index (χ1) is 14.5. The van der Waals surface area contributed by atoms with Crippen LogP contribution in [0.4, 0.5) is 0 Å². The van der Waals surface area contributed by atoms with Crippen LogP contribution in [0.5, 0.6) is 0 Å². The molecule has 0 amide bonds. The highest BCUT2D eigenvalue weighted by atomic mass is 28.3. The fourth-order valence-corrected chi connectivity index (χ4v) is 3.03. The number of ether oxygens (including phenoxy) is 4. The number of hydrogen-bond donors (Lipinski definition) is 0. The van der Waals surface area contributed by atoms with Gasteiger partial charge in [-0.25, -0.2) is 9.78 Å². The molecule has 0 saturated carbocycles. The monoisotopic (exact) mass is 461 g/mol. The Balaban J connectivity index is 2.76. The van der Waals surface area contributed by atoms with Gasteiger partial charge in [-0.3, -0.25) is 0 Å². The standard InChI is InChI=1S/C23H35NO5Si2/c1-26-10-11-27-12-13-28-14-15-29-23(25)20-18-21(8-16-30(2,3)4)24-22(19-20)9-17-31(5,6)7/h18-19H,10-15H2,1-7H3. The summed E-state index contributed by atoms with van der Waals surface area (Å²) in [6.45, 7) is 15.4. The average Bonchev–Trinajstić information content (AvgIpc) is 2.68. The Morgan fingerprint density at radius 2 is 1.26 bits per heavy atom. The molecule has 0 aromatic carbocycles. The van der Waals surface area contributed by atoms with Crippen LogP contribution in [0.25, 0.3) is 0 Å². The van der Waals surface area contributed by atoms with E-state index in [0.717, 1.165) is 0 Å². The van der Waals surface area contributed by atoms with Gasteiger partial charge in [-0.15, -0.1) is 11.1 Å². The lowest BCUT2D eigenvalue weighted by atomic mass is 10.2. The molecule has 0 spiro atoms. The maximum absolute atomic E-state index is 12.5. The van der Waals surface area contributed by atoms with E-state index in [0.29, 0.717) is 50.0 Å². The molecule has 31 heavy (non-hydrogen) atoms. The zero-order valence-electron chi connectivity index (χ0n) is 19.9. The summed E-state index contributed by atoms with van der Waals surface area (Å²) in [6.07, 6.45) is 0. The predicted molar refractivity (Wildman–Crippen MR) is 128 cm³/mol. The molecule has 1 heterocycles. The summed E-state index contributed by atoms with van der Waals surface area (Å²) in [5.41, 5.74) is 8.05. The minimum absolute atomic E-state index is 0.158. The Labute approximate surface area is 189 Å². The predicted octanol–water partition coefficient (Wildman–Crippen LogP) is 3.38. The molecule has 0 aliphatic carbocycles. The second-order valence-corrected chi connectivity index (χ2v) is 18.5. The minimum Gasteiger partial charge on any atom is -0.460 e. The number of methoxy groups -OCH3 is 1. The lowest BCUT2D eigenvalue weighted by Gasteiger charge is -2.08. The second kappa shape index (κ2) is 13.5. The van der Waals surface area contributed by atoms with E-state index < -0.39 is 22.1 Å². The molecule has 1 aromatic rings. The molecule has 0 radical (unpaired) electrons. The highest BCUT2D eigenvalue weighted by molar-refractivity contribution is 6.84. The second-order valence-electron chi connectivity index (χ2n) is 8.98. The molecule has 0 bridgehead atoms. The third-order valence-corrected chi connectivity index (χ3v) is 5.21. The number of pyridine rings is 1. The van der Waals surface area contributed by atoms with E-state index in [9.17, 15) is 4.79 Å². The van der Waals surface area contributed by atoms with Gasteiger partial charge >= 0.3 is 5.97 Å². The van der Waals surface area contributed by atoms with Gasteiger partial charge in [0.25, 0.3) is 0 Å². The van der Waals surface area contributed by atoms with Crippen LogP contribution >= 0.6 is 0 Å². The Morgan fingerprint density at radius 3 is 1.71 bits per heavy atom. The van der Waals surface area contributed by atoms with Gasteiger partial charge in [0.1, 0.15) is 34.1 Å². The first kappa shape index (κ1) is 27.1. The van der Waals surface area contributed by atoms with Gasteiger partial charge in [0.15, 0.2) is 0 Å².